The maximum atomic E-state index is 9.95. The second-order valence-electron chi connectivity index (χ2n) is 2.87. The normalized spacial score (nSPS) is 11.5. The van der Waals surface area contributed by atoms with E-state index < -0.39 is 5.03 Å². The van der Waals surface area contributed by atoms with Gasteiger partial charge >= 0.3 is 0 Å². The van der Waals surface area contributed by atoms with Crippen molar-refractivity contribution >= 4 is 12.2 Å². The molecule has 0 bridgehead atoms. The first kappa shape index (κ1) is 12.4. The molecule has 17 heavy (non-hydrogen) atoms. The van der Waals surface area contributed by atoms with E-state index in [0.29, 0.717) is 0 Å². The number of rotatable bonds is 4. The van der Waals surface area contributed by atoms with Crippen LogP contribution in [-0.2, 0) is 0 Å². The molecule has 0 amide bonds. The van der Waals surface area contributed by atoms with Gasteiger partial charge in [-0.3, -0.25) is 0 Å². The Morgan fingerprint density at radius 2 is 2.18 bits per heavy atom. The Bertz CT molecular complexity index is 440. The topological polar surface area (TPSA) is 115 Å². The highest BCUT2D eigenvalue weighted by atomic mass is 16.7. The van der Waals surface area contributed by atoms with Gasteiger partial charge in [-0.05, 0) is 29.8 Å². The first-order valence-electron chi connectivity index (χ1n) is 4.53. The maximum absolute atomic E-state index is 9.95. The van der Waals surface area contributed by atoms with Crippen LogP contribution in [0.25, 0.3) is 0 Å². The molecule has 0 spiro atoms. The van der Waals surface area contributed by atoms with Crippen LogP contribution in [0.15, 0.2) is 34.5 Å². The molecule has 1 aromatic carbocycles. The van der Waals surface area contributed by atoms with E-state index in [9.17, 15) is 10.1 Å². The molecular weight excluding hydrogens is 226 g/mol. The van der Waals surface area contributed by atoms with Crippen molar-refractivity contribution in [1.82, 2.24) is 5.43 Å². The Morgan fingerprint density at radius 1 is 1.53 bits per heavy atom. The number of nitro groups is 1. The fourth-order valence-electron chi connectivity index (χ4n) is 0.973. The zero-order valence-corrected chi connectivity index (χ0v) is 9.03. The third-order valence-corrected chi connectivity index (χ3v) is 1.70. The average molecular weight is 237 g/mol. The number of ether oxygens (including phenoxy) is 1. The van der Waals surface area contributed by atoms with E-state index in [1.807, 2.05) is 0 Å². The summed E-state index contributed by atoms with van der Waals surface area (Å²) in [7, 11) is 1.57. The molecular formula is C9H11N5O3. The molecule has 1 rings (SSSR count). The van der Waals surface area contributed by atoms with Crippen molar-refractivity contribution in [2.45, 2.75) is 0 Å². The van der Waals surface area contributed by atoms with Crippen LogP contribution in [0.1, 0.15) is 5.56 Å². The van der Waals surface area contributed by atoms with Gasteiger partial charge in [-0.1, -0.05) is 0 Å². The van der Waals surface area contributed by atoms with E-state index in [0.717, 1.165) is 11.3 Å². The molecule has 8 heteroatoms. The van der Waals surface area contributed by atoms with E-state index in [2.05, 4.69) is 15.6 Å². The van der Waals surface area contributed by atoms with Crippen molar-refractivity contribution in [3.63, 3.8) is 0 Å². The number of nitrogens with one attached hydrogen (secondary N) is 1. The minimum Gasteiger partial charge on any atom is -0.497 e. The SMILES string of the molecule is COc1ccc(C=NN/C(N)=N\[N+](=O)[O-])cc1. The van der Waals surface area contributed by atoms with Crippen molar-refractivity contribution in [2.75, 3.05) is 7.11 Å². The molecule has 8 nitrogen and oxygen atoms in total. The zero-order chi connectivity index (χ0) is 12.7. The summed E-state index contributed by atoms with van der Waals surface area (Å²) in [6.45, 7) is 0. The summed E-state index contributed by atoms with van der Waals surface area (Å²) in [6, 6.07) is 7.06. The number of benzene rings is 1. The van der Waals surface area contributed by atoms with Gasteiger partial charge in [-0.25, -0.2) is 15.5 Å². The predicted octanol–water partition coefficient (Wildman–Crippen LogP) is 0.125. The second-order valence-corrected chi connectivity index (χ2v) is 2.87. The third kappa shape index (κ3) is 4.60. The van der Waals surface area contributed by atoms with E-state index >= 15 is 0 Å². The summed E-state index contributed by atoms with van der Waals surface area (Å²) in [5.74, 6) is 0.337. The number of nitrogens with two attached hydrogens (primary N) is 1. The van der Waals surface area contributed by atoms with E-state index in [4.69, 9.17) is 10.5 Å². The van der Waals surface area contributed by atoms with Gasteiger partial charge in [0, 0.05) is 0 Å². The number of methoxy groups -OCH3 is 1. The van der Waals surface area contributed by atoms with Gasteiger partial charge in [0.15, 0.2) is 5.03 Å². The van der Waals surface area contributed by atoms with Crippen molar-refractivity contribution in [1.29, 1.82) is 0 Å². The zero-order valence-electron chi connectivity index (χ0n) is 9.03. The Balaban J connectivity index is 2.56. The highest BCUT2D eigenvalue weighted by molar-refractivity contribution is 5.82. The van der Waals surface area contributed by atoms with Crippen LogP contribution < -0.4 is 15.9 Å². The number of nitrogens with zero attached hydrogens (tertiary/aromatic N) is 3. The van der Waals surface area contributed by atoms with Crippen LogP contribution >= 0.6 is 0 Å². The lowest BCUT2D eigenvalue weighted by Gasteiger charge is -1.98. The first-order chi connectivity index (χ1) is 8.11. The average Bonchev–Trinajstić information content (AvgIpc) is 2.29. The van der Waals surface area contributed by atoms with Gasteiger partial charge in [0.25, 0.3) is 5.96 Å². The quantitative estimate of drug-likeness (QED) is 0.334. The summed E-state index contributed by atoms with van der Waals surface area (Å²) in [4.78, 5) is 9.95. The van der Waals surface area contributed by atoms with Crippen molar-refractivity contribution in [3.05, 3.63) is 39.9 Å². The largest absolute Gasteiger partial charge is 0.497 e. The van der Waals surface area contributed by atoms with Crippen LogP contribution in [0.2, 0.25) is 0 Å². The van der Waals surface area contributed by atoms with E-state index in [1.54, 1.807) is 31.4 Å². The number of hydrazone groups is 2. The van der Waals surface area contributed by atoms with Gasteiger partial charge in [-0.15, -0.1) is 0 Å². The summed E-state index contributed by atoms with van der Waals surface area (Å²) >= 11 is 0. The lowest BCUT2D eigenvalue weighted by Crippen LogP contribution is -2.28. The molecule has 0 fully saturated rings. The Labute approximate surface area is 96.9 Å². The van der Waals surface area contributed by atoms with Gasteiger partial charge in [0.2, 0.25) is 0 Å². The van der Waals surface area contributed by atoms with Crippen LogP contribution in [0.5, 0.6) is 5.75 Å². The monoisotopic (exact) mass is 237 g/mol. The van der Waals surface area contributed by atoms with Crippen LogP contribution in [0, 0.1) is 10.1 Å². The molecule has 0 unspecified atom stereocenters. The van der Waals surface area contributed by atoms with Gasteiger partial charge in [0.1, 0.15) is 10.9 Å². The first-order valence-corrected chi connectivity index (χ1v) is 4.53. The second kappa shape index (κ2) is 6.05. The molecule has 1 aromatic rings. The summed E-state index contributed by atoms with van der Waals surface area (Å²) in [5.41, 5.74) is 8.15. The molecule has 3 N–H and O–H groups in total. The lowest BCUT2D eigenvalue weighted by molar-refractivity contribution is -0.485. The van der Waals surface area contributed by atoms with Crippen molar-refractivity contribution in [3.8, 4) is 5.75 Å². The molecule has 0 saturated carbocycles. The molecule has 0 aliphatic rings. The number of hydrogen-bond acceptors (Lipinski definition) is 4. The van der Waals surface area contributed by atoms with Crippen LogP contribution in [-0.4, -0.2) is 24.3 Å². The van der Waals surface area contributed by atoms with E-state index in [1.165, 1.54) is 6.21 Å². The Morgan fingerprint density at radius 3 is 2.71 bits per heavy atom. The molecule has 0 aromatic heterocycles. The smallest absolute Gasteiger partial charge is 0.286 e. The number of guanidine groups is 1. The van der Waals surface area contributed by atoms with Crippen LogP contribution in [0.3, 0.4) is 0 Å². The Kier molecular flexibility index (Phi) is 4.43. The Hall–Kier alpha value is -2.64. The fourth-order valence-corrected chi connectivity index (χ4v) is 0.973. The van der Waals surface area contributed by atoms with Gasteiger partial charge < -0.3 is 10.5 Å². The minimum atomic E-state index is -0.911. The van der Waals surface area contributed by atoms with E-state index in [-0.39, 0.29) is 5.96 Å². The van der Waals surface area contributed by atoms with Crippen LogP contribution in [0.4, 0.5) is 0 Å². The summed E-state index contributed by atoms with van der Waals surface area (Å²) in [5, 5.41) is 15.5. The molecule has 90 valence electrons. The molecule has 0 saturated heterocycles. The third-order valence-electron chi connectivity index (χ3n) is 1.70. The van der Waals surface area contributed by atoms with Gasteiger partial charge in [-0.2, -0.15) is 5.10 Å². The highest BCUT2D eigenvalue weighted by Crippen LogP contribution is 2.09. The van der Waals surface area contributed by atoms with Crippen molar-refractivity contribution < 1.29 is 9.77 Å². The molecule has 0 aliphatic heterocycles. The summed E-state index contributed by atoms with van der Waals surface area (Å²) < 4.78 is 4.98. The fraction of sp³-hybridized carbons (Fsp3) is 0.111. The molecule has 0 aliphatic carbocycles. The predicted molar refractivity (Wildman–Crippen MR) is 62.3 cm³/mol. The molecule has 0 heterocycles. The molecule has 0 atom stereocenters. The number of hydrogen-bond donors (Lipinski definition) is 2. The van der Waals surface area contributed by atoms with Crippen molar-refractivity contribution in [2.24, 2.45) is 15.9 Å². The lowest BCUT2D eigenvalue weighted by atomic mass is 10.2. The maximum Gasteiger partial charge on any atom is 0.286 e. The minimum absolute atomic E-state index is 0.389. The molecule has 0 radical (unpaired) electrons. The summed E-state index contributed by atoms with van der Waals surface area (Å²) in [6.07, 6.45) is 1.45. The highest BCUT2D eigenvalue weighted by Gasteiger charge is 1.95. The standard InChI is InChI=1S/C9H11N5O3/c1-17-8-4-2-7(3-5-8)6-11-12-9(10)13-14(15)16/h2-6H,1H3,(H3,10,12,13). The van der Waals surface area contributed by atoms with Gasteiger partial charge in [0.05, 0.1) is 13.3 Å².